The summed E-state index contributed by atoms with van der Waals surface area (Å²) >= 11 is 6.75. The average Bonchev–Trinajstić information content (AvgIpc) is 3.13. The van der Waals surface area contributed by atoms with Crippen molar-refractivity contribution in [1.29, 1.82) is 0 Å². The summed E-state index contributed by atoms with van der Waals surface area (Å²) < 4.78 is 5.15. The number of carbonyl (C=O) groups is 1. The maximum atomic E-state index is 12.4. The number of amides is 1. The number of aryl methyl sites for hydroxylation is 1. The van der Waals surface area contributed by atoms with Crippen molar-refractivity contribution in [3.05, 3.63) is 63.1 Å². The van der Waals surface area contributed by atoms with E-state index in [4.69, 9.17) is 0 Å². The van der Waals surface area contributed by atoms with Crippen LogP contribution in [0.2, 0.25) is 0 Å². The molecule has 0 aliphatic rings. The van der Waals surface area contributed by atoms with Gasteiger partial charge < -0.3 is 5.32 Å². The number of carbonyl (C=O) groups excluding carboxylic acids is 1. The second-order valence-electron chi connectivity index (χ2n) is 5.19. The Morgan fingerprint density at radius 2 is 2.08 bits per heavy atom. The van der Waals surface area contributed by atoms with Gasteiger partial charge in [-0.05, 0) is 56.5 Å². The van der Waals surface area contributed by atoms with Crippen LogP contribution < -0.4 is 5.32 Å². The maximum absolute atomic E-state index is 12.4. The highest BCUT2D eigenvalue weighted by atomic mass is 79.9. The lowest BCUT2D eigenvalue weighted by molar-refractivity contribution is 0.102. The first-order valence-corrected chi connectivity index (χ1v) is 8.95. The van der Waals surface area contributed by atoms with Crippen LogP contribution in [0.1, 0.15) is 23.0 Å². The van der Waals surface area contributed by atoms with E-state index in [1.54, 1.807) is 17.1 Å². The van der Waals surface area contributed by atoms with E-state index in [1.165, 1.54) is 0 Å². The van der Waals surface area contributed by atoms with Crippen LogP contribution in [0.3, 0.4) is 0 Å². The minimum Gasteiger partial charge on any atom is -0.321 e. The molecule has 124 valence electrons. The van der Waals surface area contributed by atoms with Crippen molar-refractivity contribution in [3.63, 3.8) is 0 Å². The molecule has 0 aliphatic heterocycles. The van der Waals surface area contributed by atoms with Gasteiger partial charge >= 0.3 is 0 Å². The minimum absolute atomic E-state index is 0.243. The van der Waals surface area contributed by atoms with Crippen molar-refractivity contribution in [3.8, 4) is 0 Å². The molecule has 1 aromatic carbocycles. The smallest absolute Gasteiger partial charge is 0.277 e. The normalized spacial score (nSPS) is 10.8. The first-order chi connectivity index (χ1) is 11.5. The standard InChI is InChI=1S/C16H15Br2N5O/c1-2-22-10-14(18)15(21-22)16(24)20-13-5-3-4-11(6-13)8-23-9-12(17)7-19-23/h3-7,9-10H,2,8H2,1H3,(H,20,24). The highest BCUT2D eigenvalue weighted by molar-refractivity contribution is 9.10. The molecule has 0 atom stereocenters. The second-order valence-corrected chi connectivity index (χ2v) is 6.96. The highest BCUT2D eigenvalue weighted by Crippen LogP contribution is 2.18. The lowest BCUT2D eigenvalue weighted by Gasteiger charge is -2.07. The third-order valence-electron chi connectivity index (χ3n) is 3.39. The SMILES string of the molecule is CCn1cc(Br)c(C(=O)Nc2cccc(Cn3cc(Br)cn3)c2)n1. The van der Waals surface area contributed by atoms with Gasteiger partial charge in [-0.1, -0.05) is 12.1 Å². The summed E-state index contributed by atoms with van der Waals surface area (Å²) in [7, 11) is 0. The van der Waals surface area contributed by atoms with E-state index in [2.05, 4.69) is 47.4 Å². The monoisotopic (exact) mass is 451 g/mol. The van der Waals surface area contributed by atoms with Gasteiger partial charge in [-0.3, -0.25) is 14.2 Å². The predicted molar refractivity (Wildman–Crippen MR) is 99.0 cm³/mol. The van der Waals surface area contributed by atoms with Crippen molar-refractivity contribution in [2.45, 2.75) is 20.0 Å². The molecule has 2 heterocycles. The summed E-state index contributed by atoms with van der Waals surface area (Å²) in [4.78, 5) is 12.4. The fraction of sp³-hybridized carbons (Fsp3) is 0.188. The van der Waals surface area contributed by atoms with Gasteiger partial charge in [-0.25, -0.2) is 0 Å². The largest absolute Gasteiger partial charge is 0.321 e. The summed E-state index contributed by atoms with van der Waals surface area (Å²) in [5.74, 6) is -0.243. The Kier molecular flexibility index (Phi) is 5.15. The number of hydrogen-bond donors (Lipinski definition) is 1. The second kappa shape index (κ2) is 7.31. The molecule has 0 saturated heterocycles. The molecule has 3 rings (SSSR count). The molecule has 3 aromatic rings. The molecule has 8 heteroatoms. The van der Waals surface area contributed by atoms with E-state index in [9.17, 15) is 4.79 Å². The van der Waals surface area contributed by atoms with Gasteiger partial charge in [-0.15, -0.1) is 0 Å². The Bertz CT molecular complexity index is 871. The average molecular weight is 453 g/mol. The Labute approximate surface area is 156 Å². The van der Waals surface area contributed by atoms with Gasteiger partial charge in [0.15, 0.2) is 5.69 Å². The van der Waals surface area contributed by atoms with Crippen LogP contribution in [-0.4, -0.2) is 25.5 Å². The molecule has 0 bridgehead atoms. The summed E-state index contributed by atoms with van der Waals surface area (Å²) in [5.41, 5.74) is 2.14. The summed E-state index contributed by atoms with van der Waals surface area (Å²) in [6, 6.07) is 7.68. The molecule has 0 saturated carbocycles. The number of nitrogens with zero attached hydrogens (tertiary/aromatic N) is 4. The number of nitrogens with one attached hydrogen (secondary N) is 1. The van der Waals surface area contributed by atoms with Crippen LogP contribution in [0.4, 0.5) is 5.69 Å². The molecular weight excluding hydrogens is 438 g/mol. The third kappa shape index (κ3) is 3.93. The fourth-order valence-corrected chi connectivity index (χ4v) is 3.09. The Hall–Kier alpha value is -1.93. The van der Waals surface area contributed by atoms with Crippen LogP contribution in [-0.2, 0) is 13.1 Å². The molecule has 24 heavy (non-hydrogen) atoms. The third-order valence-corrected chi connectivity index (χ3v) is 4.38. The minimum atomic E-state index is -0.243. The molecule has 2 aromatic heterocycles. The number of rotatable bonds is 5. The number of hydrogen-bond acceptors (Lipinski definition) is 3. The van der Waals surface area contributed by atoms with E-state index in [1.807, 2.05) is 42.1 Å². The van der Waals surface area contributed by atoms with Crippen LogP contribution in [0.25, 0.3) is 0 Å². The molecule has 0 aliphatic carbocycles. The van der Waals surface area contributed by atoms with E-state index < -0.39 is 0 Å². The van der Waals surface area contributed by atoms with Gasteiger partial charge in [0.2, 0.25) is 0 Å². The van der Waals surface area contributed by atoms with Crippen LogP contribution in [0.5, 0.6) is 0 Å². The Morgan fingerprint density at radius 1 is 1.25 bits per heavy atom. The van der Waals surface area contributed by atoms with Gasteiger partial charge in [0, 0.05) is 24.6 Å². The predicted octanol–water partition coefficient (Wildman–Crippen LogP) is 3.93. The Morgan fingerprint density at radius 3 is 2.75 bits per heavy atom. The zero-order chi connectivity index (χ0) is 17.1. The highest BCUT2D eigenvalue weighted by Gasteiger charge is 2.15. The first-order valence-electron chi connectivity index (χ1n) is 7.36. The molecule has 1 amide bonds. The van der Waals surface area contributed by atoms with Crippen molar-refractivity contribution >= 4 is 43.5 Å². The molecule has 6 nitrogen and oxygen atoms in total. The number of benzene rings is 1. The zero-order valence-electron chi connectivity index (χ0n) is 12.9. The molecule has 0 unspecified atom stereocenters. The molecule has 1 N–H and O–H groups in total. The number of halogens is 2. The summed E-state index contributed by atoms with van der Waals surface area (Å²) in [6.45, 7) is 3.31. The maximum Gasteiger partial charge on any atom is 0.277 e. The van der Waals surface area contributed by atoms with Gasteiger partial charge in [0.05, 0.1) is 21.7 Å². The number of aromatic nitrogens is 4. The van der Waals surface area contributed by atoms with Crippen LogP contribution in [0.15, 0.2) is 51.8 Å². The van der Waals surface area contributed by atoms with Gasteiger partial charge in [-0.2, -0.15) is 10.2 Å². The van der Waals surface area contributed by atoms with Crippen molar-refractivity contribution in [1.82, 2.24) is 19.6 Å². The van der Waals surface area contributed by atoms with E-state index in [-0.39, 0.29) is 5.91 Å². The number of anilines is 1. The Balaban J connectivity index is 1.74. The topological polar surface area (TPSA) is 64.7 Å². The van der Waals surface area contributed by atoms with Crippen LogP contribution in [0, 0.1) is 0 Å². The van der Waals surface area contributed by atoms with Crippen molar-refractivity contribution in [2.24, 2.45) is 0 Å². The van der Waals surface area contributed by atoms with E-state index >= 15 is 0 Å². The van der Waals surface area contributed by atoms with Gasteiger partial charge in [0.25, 0.3) is 5.91 Å². The fourth-order valence-electron chi connectivity index (χ4n) is 2.26. The van der Waals surface area contributed by atoms with Crippen molar-refractivity contribution < 1.29 is 4.79 Å². The first kappa shape index (κ1) is 16.9. The lowest BCUT2D eigenvalue weighted by atomic mass is 10.2. The van der Waals surface area contributed by atoms with Crippen molar-refractivity contribution in [2.75, 3.05) is 5.32 Å². The quantitative estimate of drug-likeness (QED) is 0.637. The molecular formula is C16H15Br2N5O. The van der Waals surface area contributed by atoms with E-state index in [0.29, 0.717) is 23.3 Å². The van der Waals surface area contributed by atoms with Crippen LogP contribution >= 0.6 is 31.9 Å². The molecule has 0 spiro atoms. The van der Waals surface area contributed by atoms with Gasteiger partial charge in [0.1, 0.15) is 0 Å². The molecule has 0 fully saturated rings. The lowest BCUT2D eigenvalue weighted by Crippen LogP contribution is -2.14. The van der Waals surface area contributed by atoms with E-state index in [0.717, 1.165) is 15.7 Å². The zero-order valence-corrected chi connectivity index (χ0v) is 16.1. The summed E-state index contributed by atoms with van der Waals surface area (Å²) in [5, 5.41) is 11.4. The summed E-state index contributed by atoms with van der Waals surface area (Å²) in [6.07, 6.45) is 5.44. The molecule has 0 radical (unpaired) electrons.